The standard InChI is InChI=1S/C25H16ClN3O5S/c1-14-2-5-16(6-3-14)29-23(31)19(22(30)28-25(29)35)13-17-7-9-21(34-17)15-4-8-20(26)18(12-15)24(32)33-11-10-27/h2-9,12-13H,11H2,1H3,(H,28,30,35). The summed E-state index contributed by atoms with van der Waals surface area (Å²) in [5.74, 6) is -1.38. The fourth-order valence-corrected chi connectivity index (χ4v) is 3.80. The summed E-state index contributed by atoms with van der Waals surface area (Å²) in [6.07, 6.45) is 1.32. The van der Waals surface area contributed by atoms with Gasteiger partial charge in [0.15, 0.2) is 11.7 Å². The Labute approximate surface area is 210 Å². The molecule has 0 bridgehead atoms. The zero-order chi connectivity index (χ0) is 25.1. The highest BCUT2D eigenvalue weighted by molar-refractivity contribution is 7.80. The molecule has 1 saturated heterocycles. The second kappa shape index (κ2) is 9.93. The van der Waals surface area contributed by atoms with Gasteiger partial charge in [-0.3, -0.25) is 19.8 Å². The molecule has 0 radical (unpaired) electrons. The Hall–Kier alpha value is -4.26. The number of hydrogen-bond donors (Lipinski definition) is 1. The number of aryl methyl sites for hydroxylation is 1. The summed E-state index contributed by atoms with van der Waals surface area (Å²) in [7, 11) is 0. The number of furan rings is 1. The Morgan fingerprint density at radius 2 is 1.94 bits per heavy atom. The van der Waals surface area contributed by atoms with Crippen LogP contribution < -0.4 is 10.2 Å². The van der Waals surface area contributed by atoms with E-state index in [-0.39, 0.29) is 27.0 Å². The van der Waals surface area contributed by atoms with Gasteiger partial charge >= 0.3 is 5.97 Å². The van der Waals surface area contributed by atoms with E-state index in [1.807, 2.05) is 19.1 Å². The average Bonchev–Trinajstić information content (AvgIpc) is 3.30. The van der Waals surface area contributed by atoms with E-state index in [1.54, 1.807) is 36.4 Å². The highest BCUT2D eigenvalue weighted by Gasteiger charge is 2.34. The third-order valence-electron chi connectivity index (χ3n) is 5.05. The summed E-state index contributed by atoms with van der Waals surface area (Å²) in [5, 5.41) is 11.3. The maximum Gasteiger partial charge on any atom is 0.340 e. The van der Waals surface area contributed by atoms with Crippen LogP contribution in [-0.2, 0) is 14.3 Å². The summed E-state index contributed by atoms with van der Waals surface area (Å²) in [6, 6.07) is 16.7. The quantitative estimate of drug-likeness (QED) is 0.236. The topological polar surface area (TPSA) is 113 Å². The minimum absolute atomic E-state index is 0.0156. The first-order valence-electron chi connectivity index (χ1n) is 10.2. The Balaban J connectivity index is 1.63. The van der Waals surface area contributed by atoms with Gasteiger partial charge in [-0.15, -0.1) is 0 Å². The van der Waals surface area contributed by atoms with Crippen LogP contribution in [0.3, 0.4) is 0 Å². The number of ether oxygens (including phenoxy) is 1. The van der Waals surface area contributed by atoms with Crippen LogP contribution in [0.4, 0.5) is 5.69 Å². The fourth-order valence-electron chi connectivity index (χ4n) is 3.32. The number of nitriles is 1. The summed E-state index contributed by atoms with van der Waals surface area (Å²) in [4.78, 5) is 39.0. The van der Waals surface area contributed by atoms with Crippen LogP contribution in [0.2, 0.25) is 5.02 Å². The van der Waals surface area contributed by atoms with Crippen molar-refractivity contribution >= 4 is 58.5 Å². The maximum atomic E-state index is 13.1. The number of halogens is 1. The lowest BCUT2D eigenvalue weighted by atomic mass is 10.1. The molecule has 3 aromatic rings. The van der Waals surface area contributed by atoms with Gasteiger partial charge in [-0.05, 0) is 67.7 Å². The van der Waals surface area contributed by atoms with Crippen molar-refractivity contribution in [3.63, 3.8) is 0 Å². The van der Waals surface area contributed by atoms with Gasteiger partial charge in [0.1, 0.15) is 23.2 Å². The van der Waals surface area contributed by atoms with Gasteiger partial charge in [-0.25, -0.2) is 4.79 Å². The molecule has 1 aliphatic rings. The molecule has 4 rings (SSSR count). The van der Waals surface area contributed by atoms with Crippen molar-refractivity contribution < 1.29 is 23.5 Å². The Morgan fingerprint density at radius 1 is 1.20 bits per heavy atom. The minimum Gasteiger partial charge on any atom is -0.457 e. The number of nitrogens with zero attached hydrogens (tertiary/aromatic N) is 2. The number of anilines is 1. The van der Waals surface area contributed by atoms with Crippen LogP contribution in [-0.4, -0.2) is 29.5 Å². The van der Waals surface area contributed by atoms with Gasteiger partial charge < -0.3 is 9.15 Å². The first-order chi connectivity index (χ1) is 16.8. The fraction of sp³-hybridized carbons (Fsp3) is 0.0800. The molecule has 35 heavy (non-hydrogen) atoms. The zero-order valence-electron chi connectivity index (χ0n) is 18.2. The highest BCUT2D eigenvalue weighted by atomic mass is 35.5. The van der Waals surface area contributed by atoms with E-state index in [0.717, 1.165) is 5.56 Å². The van der Waals surface area contributed by atoms with E-state index < -0.39 is 24.4 Å². The Bertz CT molecular complexity index is 1440. The maximum absolute atomic E-state index is 13.1. The Kier molecular flexibility index (Phi) is 6.78. The van der Waals surface area contributed by atoms with E-state index in [1.165, 1.54) is 23.1 Å². The van der Waals surface area contributed by atoms with Crippen LogP contribution in [0, 0.1) is 18.3 Å². The molecule has 2 heterocycles. The third kappa shape index (κ3) is 4.99. The molecule has 1 fully saturated rings. The molecule has 0 aliphatic carbocycles. The molecule has 1 aromatic heterocycles. The summed E-state index contributed by atoms with van der Waals surface area (Å²) in [6.45, 7) is 1.51. The summed E-state index contributed by atoms with van der Waals surface area (Å²) in [5.41, 5.74) is 1.95. The van der Waals surface area contributed by atoms with Gasteiger partial charge in [0.25, 0.3) is 11.8 Å². The number of carbonyl (C=O) groups is 3. The SMILES string of the molecule is Cc1ccc(N2C(=O)C(=Cc3ccc(-c4ccc(Cl)c(C(=O)OCC#N)c4)o3)C(=O)NC2=S)cc1. The van der Waals surface area contributed by atoms with Crippen molar-refractivity contribution in [2.45, 2.75) is 6.92 Å². The second-order valence-electron chi connectivity index (χ2n) is 7.42. The lowest BCUT2D eigenvalue weighted by Gasteiger charge is -2.28. The van der Waals surface area contributed by atoms with E-state index >= 15 is 0 Å². The van der Waals surface area contributed by atoms with E-state index in [9.17, 15) is 14.4 Å². The molecular formula is C25H16ClN3O5S. The normalized spacial score (nSPS) is 14.6. The average molecular weight is 506 g/mol. The molecular weight excluding hydrogens is 490 g/mol. The molecule has 0 atom stereocenters. The molecule has 0 unspecified atom stereocenters. The molecule has 1 N–H and O–H groups in total. The number of esters is 1. The van der Waals surface area contributed by atoms with Crippen molar-refractivity contribution in [2.75, 3.05) is 11.5 Å². The Morgan fingerprint density at radius 3 is 2.66 bits per heavy atom. The number of thiocarbonyl (C=S) groups is 1. The van der Waals surface area contributed by atoms with E-state index in [4.69, 9.17) is 38.2 Å². The monoisotopic (exact) mass is 505 g/mol. The predicted molar refractivity (Wildman–Crippen MR) is 132 cm³/mol. The van der Waals surface area contributed by atoms with Gasteiger partial charge in [0.05, 0.1) is 16.3 Å². The van der Waals surface area contributed by atoms with Gasteiger partial charge in [-0.1, -0.05) is 29.3 Å². The molecule has 1 aliphatic heterocycles. The van der Waals surface area contributed by atoms with Crippen LogP contribution in [0.1, 0.15) is 21.7 Å². The number of carbonyl (C=O) groups excluding carboxylic acids is 3. The van der Waals surface area contributed by atoms with Gasteiger partial charge in [0.2, 0.25) is 0 Å². The predicted octanol–water partition coefficient (Wildman–Crippen LogP) is 4.42. The summed E-state index contributed by atoms with van der Waals surface area (Å²) < 4.78 is 10.6. The zero-order valence-corrected chi connectivity index (χ0v) is 19.8. The molecule has 2 amide bonds. The van der Waals surface area contributed by atoms with Crippen molar-refractivity contribution in [2.24, 2.45) is 0 Å². The number of amides is 2. The largest absolute Gasteiger partial charge is 0.457 e. The van der Waals surface area contributed by atoms with Crippen molar-refractivity contribution in [1.29, 1.82) is 5.26 Å². The van der Waals surface area contributed by atoms with Gasteiger partial charge in [-0.2, -0.15) is 5.26 Å². The lowest BCUT2D eigenvalue weighted by Crippen LogP contribution is -2.54. The number of hydrogen-bond acceptors (Lipinski definition) is 7. The number of nitrogens with one attached hydrogen (secondary N) is 1. The van der Waals surface area contributed by atoms with Crippen molar-refractivity contribution in [1.82, 2.24) is 5.32 Å². The van der Waals surface area contributed by atoms with Crippen LogP contribution in [0.15, 0.2) is 64.6 Å². The first-order valence-corrected chi connectivity index (χ1v) is 11.0. The van der Waals surface area contributed by atoms with E-state index in [2.05, 4.69) is 5.32 Å². The molecule has 2 aromatic carbocycles. The molecule has 0 saturated carbocycles. The van der Waals surface area contributed by atoms with Crippen LogP contribution >= 0.6 is 23.8 Å². The lowest BCUT2D eigenvalue weighted by molar-refractivity contribution is -0.122. The second-order valence-corrected chi connectivity index (χ2v) is 8.22. The summed E-state index contributed by atoms with van der Waals surface area (Å²) >= 11 is 11.3. The number of rotatable bonds is 5. The third-order valence-corrected chi connectivity index (χ3v) is 5.66. The highest BCUT2D eigenvalue weighted by Crippen LogP contribution is 2.29. The minimum atomic E-state index is -0.746. The number of benzene rings is 2. The van der Waals surface area contributed by atoms with Crippen LogP contribution in [0.25, 0.3) is 17.4 Å². The molecule has 10 heteroatoms. The van der Waals surface area contributed by atoms with Crippen molar-refractivity contribution in [3.05, 3.63) is 82.1 Å². The smallest absolute Gasteiger partial charge is 0.340 e. The van der Waals surface area contributed by atoms with Gasteiger partial charge in [0, 0.05) is 5.56 Å². The van der Waals surface area contributed by atoms with Crippen LogP contribution in [0.5, 0.6) is 0 Å². The molecule has 0 spiro atoms. The molecule has 8 nitrogen and oxygen atoms in total. The van der Waals surface area contributed by atoms with E-state index in [0.29, 0.717) is 17.0 Å². The first kappa shape index (κ1) is 23.9. The molecule has 174 valence electrons. The van der Waals surface area contributed by atoms with Crippen molar-refractivity contribution in [3.8, 4) is 17.4 Å².